The third-order valence-electron chi connectivity index (χ3n) is 5.42. The van der Waals surface area contributed by atoms with Crippen LogP contribution in [-0.2, 0) is 6.42 Å². The highest BCUT2D eigenvalue weighted by Crippen LogP contribution is 2.30. The minimum atomic E-state index is -0.236. The van der Waals surface area contributed by atoms with Gasteiger partial charge < -0.3 is 28.9 Å². The van der Waals surface area contributed by atoms with Crippen molar-refractivity contribution in [3.05, 3.63) is 120 Å². The van der Waals surface area contributed by atoms with Crippen LogP contribution in [0.4, 0.5) is 11.4 Å². The van der Waals surface area contributed by atoms with E-state index in [1.165, 1.54) is 24.7 Å². The van der Waals surface area contributed by atoms with Crippen molar-refractivity contribution in [2.45, 2.75) is 6.42 Å². The van der Waals surface area contributed by atoms with Gasteiger partial charge in [-0.1, -0.05) is 12.1 Å². The first-order valence-corrected chi connectivity index (χ1v) is 11.4. The van der Waals surface area contributed by atoms with E-state index < -0.39 is 0 Å². The van der Waals surface area contributed by atoms with Crippen molar-refractivity contribution >= 4 is 22.9 Å². The Morgan fingerprint density at radius 3 is 1.57 bits per heavy atom. The Bertz CT molecular complexity index is 1290. The second-order valence-electron chi connectivity index (χ2n) is 7.88. The molecule has 2 heterocycles. The number of benzene rings is 2. The number of anilines is 2. The van der Waals surface area contributed by atoms with Gasteiger partial charge in [-0.2, -0.15) is 0 Å². The van der Waals surface area contributed by atoms with E-state index >= 15 is 0 Å². The van der Waals surface area contributed by atoms with Gasteiger partial charge in [-0.3, -0.25) is 9.59 Å². The summed E-state index contributed by atoms with van der Waals surface area (Å²) in [5, 5.41) is 6.16. The van der Waals surface area contributed by atoms with Gasteiger partial charge in [-0.05, 0) is 66.1 Å². The zero-order valence-electron chi connectivity index (χ0n) is 20.4. The maximum Gasteiger partial charge on any atom is 0.222 e. The third-order valence-corrected chi connectivity index (χ3v) is 5.42. The lowest BCUT2D eigenvalue weighted by Gasteiger charge is -2.13. The van der Waals surface area contributed by atoms with E-state index in [4.69, 9.17) is 18.3 Å². The van der Waals surface area contributed by atoms with Crippen LogP contribution in [0.3, 0.4) is 0 Å². The average molecular weight is 499 g/mol. The first kappa shape index (κ1) is 25.1. The molecular formula is C29H26N2O6. The van der Waals surface area contributed by atoms with Crippen molar-refractivity contribution < 1.29 is 27.9 Å². The van der Waals surface area contributed by atoms with Crippen LogP contribution < -0.4 is 20.1 Å². The van der Waals surface area contributed by atoms with Gasteiger partial charge in [0, 0.05) is 24.6 Å². The third kappa shape index (κ3) is 6.58. The van der Waals surface area contributed by atoms with Crippen LogP contribution in [0.5, 0.6) is 11.5 Å². The van der Waals surface area contributed by atoms with Crippen LogP contribution in [0.15, 0.2) is 107 Å². The molecule has 0 aliphatic carbocycles. The summed E-state index contributed by atoms with van der Waals surface area (Å²) in [5.74, 6) is 1.36. The molecular weight excluding hydrogens is 472 g/mol. The van der Waals surface area contributed by atoms with E-state index in [9.17, 15) is 9.59 Å². The highest BCUT2D eigenvalue weighted by molar-refractivity contribution is 6.03. The lowest BCUT2D eigenvalue weighted by molar-refractivity contribution is 0.101. The molecule has 0 unspecified atom stereocenters. The molecule has 0 spiro atoms. The molecule has 2 aromatic carbocycles. The predicted octanol–water partition coefficient (Wildman–Crippen LogP) is 6.10. The highest BCUT2D eigenvalue weighted by Gasteiger charge is 2.09. The molecule has 188 valence electrons. The first-order valence-electron chi connectivity index (χ1n) is 11.4. The number of hydrogen-bond acceptors (Lipinski definition) is 8. The summed E-state index contributed by atoms with van der Waals surface area (Å²) in [7, 11) is 3.19. The Morgan fingerprint density at radius 1 is 0.730 bits per heavy atom. The molecule has 2 N–H and O–H groups in total. The molecule has 4 aromatic rings. The van der Waals surface area contributed by atoms with Crippen molar-refractivity contribution in [1.82, 2.24) is 0 Å². The molecule has 0 radical (unpaired) electrons. The van der Waals surface area contributed by atoms with Gasteiger partial charge in [0.25, 0.3) is 0 Å². The number of rotatable bonds is 12. The summed E-state index contributed by atoms with van der Waals surface area (Å²) in [6, 6.07) is 18.2. The van der Waals surface area contributed by atoms with E-state index in [0.717, 1.165) is 22.5 Å². The maximum atomic E-state index is 12.0. The topological polar surface area (TPSA) is 103 Å². The second kappa shape index (κ2) is 12.1. The van der Waals surface area contributed by atoms with Gasteiger partial charge in [0.1, 0.15) is 11.5 Å². The predicted molar refractivity (Wildman–Crippen MR) is 140 cm³/mol. The molecule has 2 aromatic heterocycles. The van der Waals surface area contributed by atoms with Gasteiger partial charge in [0.2, 0.25) is 11.6 Å². The van der Waals surface area contributed by atoms with E-state index in [2.05, 4.69) is 10.6 Å². The van der Waals surface area contributed by atoms with E-state index in [1.807, 2.05) is 36.4 Å². The molecule has 0 atom stereocenters. The number of ether oxygens (including phenoxy) is 2. The number of ketones is 2. The molecule has 0 saturated heterocycles. The second-order valence-corrected chi connectivity index (χ2v) is 7.88. The van der Waals surface area contributed by atoms with Crippen LogP contribution in [0.2, 0.25) is 0 Å². The monoisotopic (exact) mass is 498 g/mol. The van der Waals surface area contributed by atoms with E-state index in [1.54, 1.807) is 50.9 Å². The number of methoxy groups -OCH3 is 2. The minimum absolute atomic E-state index is 0.236. The molecule has 0 aliphatic rings. The fraction of sp³-hybridized carbons (Fsp3) is 0.103. The van der Waals surface area contributed by atoms with Gasteiger partial charge in [0.05, 0.1) is 38.1 Å². The molecule has 0 bridgehead atoms. The summed E-state index contributed by atoms with van der Waals surface area (Å²) in [6.07, 6.45) is 9.46. The Balaban J connectivity index is 1.40. The molecule has 0 amide bonds. The largest absolute Gasteiger partial charge is 0.495 e. The van der Waals surface area contributed by atoms with Crippen LogP contribution in [0.25, 0.3) is 0 Å². The summed E-state index contributed by atoms with van der Waals surface area (Å²) in [4.78, 5) is 24.1. The number of hydrogen-bond donors (Lipinski definition) is 2. The number of carbonyl (C=O) groups excluding carboxylic acids is 2. The van der Waals surface area contributed by atoms with Crippen LogP contribution in [0.1, 0.15) is 32.2 Å². The van der Waals surface area contributed by atoms with Gasteiger partial charge in [0.15, 0.2) is 11.5 Å². The minimum Gasteiger partial charge on any atom is -0.495 e. The molecule has 0 fully saturated rings. The molecule has 4 rings (SSSR count). The smallest absolute Gasteiger partial charge is 0.222 e. The van der Waals surface area contributed by atoms with Crippen LogP contribution in [-0.4, -0.2) is 25.8 Å². The van der Waals surface area contributed by atoms with Crippen molar-refractivity contribution in [2.75, 3.05) is 24.9 Å². The first-order chi connectivity index (χ1) is 18.1. The van der Waals surface area contributed by atoms with E-state index in [0.29, 0.717) is 17.9 Å². The van der Waals surface area contributed by atoms with Gasteiger partial charge >= 0.3 is 0 Å². The van der Waals surface area contributed by atoms with Crippen LogP contribution in [0, 0.1) is 0 Å². The highest BCUT2D eigenvalue weighted by atomic mass is 16.5. The quantitative estimate of drug-likeness (QED) is 0.178. The molecule has 0 aliphatic heterocycles. The van der Waals surface area contributed by atoms with Gasteiger partial charge in [-0.15, -0.1) is 0 Å². The normalized spacial score (nSPS) is 11.1. The Morgan fingerprint density at radius 2 is 1.19 bits per heavy atom. The van der Waals surface area contributed by atoms with Crippen molar-refractivity contribution in [3.63, 3.8) is 0 Å². The van der Waals surface area contributed by atoms with Crippen molar-refractivity contribution in [2.24, 2.45) is 0 Å². The lowest BCUT2D eigenvalue weighted by Crippen LogP contribution is -1.99. The molecule has 37 heavy (non-hydrogen) atoms. The van der Waals surface area contributed by atoms with E-state index in [-0.39, 0.29) is 23.1 Å². The fourth-order valence-electron chi connectivity index (χ4n) is 3.58. The Hall–Kier alpha value is -4.98. The molecule has 8 nitrogen and oxygen atoms in total. The lowest BCUT2D eigenvalue weighted by atomic mass is 10.0. The summed E-state index contributed by atoms with van der Waals surface area (Å²) in [5.41, 5.74) is 3.51. The number of nitrogens with one attached hydrogen (secondary N) is 2. The Labute approximate surface area is 214 Å². The van der Waals surface area contributed by atoms with Crippen LogP contribution >= 0.6 is 0 Å². The zero-order valence-corrected chi connectivity index (χ0v) is 20.4. The SMILES string of the molecule is COc1cc(Cc2ccc(N/C=C\C(=O)c3ccco3)c(OC)c2)ccc1N/C=C\C(=O)c1ccco1. The molecule has 0 saturated carbocycles. The van der Waals surface area contributed by atoms with Gasteiger partial charge in [-0.25, -0.2) is 0 Å². The molecule has 8 heteroatoms. The summed E-state index contributed by atoms with van der Waals surface area (Å²) in [6.45, 7) is 0. The standard InChI is InChI=1S/C29H26N2O6/c1-34-28-18-20(7-9-22(28)30-13-11-24(32)26-5-3-15-36-26)17-21-8-10-23(29(19-21)35-2)31-14-12-25(33)27-6-4-16-37-27/h3-16,18-19,30-31H,17H2,1-2H3/b13-11-,14-12-. The Kier molecular flexibility index (Phi) is 8.23. The summed E-state index contributed by atoms with van der Waals surface area (Å²) >= 11 is 0. The number of carbonyl (C=O) groups is 2. The fourth-order valence-corrected chi connectivity index (χ4v) is 3.58. The summed E-state index contributed by atoms with van der Waals surface area (Å²) < 4.78 is 21.3. The maximum absolute atomic E-state index is 12.0. The zero-order chi connectivity index (χ0) is 26.0. The number of allylic oxidation sites excluding steroid dienone is 2. The van der Waals surface area contributed by atoms with Crippen molar-refractivity contribution in [1.29, 1.82) is 0 Å². The van der Waals surface area contributed by atoms with Crippen molar-refractivity contribution in [3.8, 4) is 11.5 Å². The average Bonchev–Trinajstić information content (AvgIpc) is 3.65. The number of furan rings is 2.